The minimum atomic E-state index is 0.207. The largest absolute Gasteiger partial charge is 0.469 e. The van der Waals surface area contributed by atoms with Gasteiger partial charge in [0, 0.05) is 6.08 Å². The molecule has 106 valence electrons. The topological polar surface area (TPSA) is 18.5 Å². The quantitative estimate of drug-likeness (QED) is 0.459. The first kappa shape index (κ1) is 15.0. The maximum absolute atomic E-state index is 5.08. The Morgan fingerprint density at radius 3 is 1.71 bits per heavy atom. The van der Waals surface area contributed by atoms with Crippen molar-refractivity contribution in [3.05, 3.63) is 84.7 Å². The SMILES string of the molecule is COC(=C/C=C/B(c1ccccc1)c1ccccc1)OC. The summed E-state index contributed by atoms with van der Waals surface area (Å²) in [6.07, 6.45) is 3.78. The molecule has 3 heteroatoms. The predicted molar refractivity (Wildman–Crippen MR) is 89.1 cm³/mol. The zero-order valence-corrected chi connectivity index (χ0v) is 12.4. The second-order valence-electron chi connectivity index (χ2n) is 4.58. The van der Waals surface area contributed by atoms with E-state index in [0.29, 0.717) is 5.95 Å². The van der Waals surface area contributed by atoms with Crippen molar-refractivity contribution in [1.82, 2.24) is 0 Å². The highest BCUT2D eigenvalue weighted by Gasteiger charge is 2.14. The smallest absolute Gasteiger partial charge is 0.278 e. The van der Waals surface area contributed by atoms with Gasteiger partial charge < -0.3 is 9.47 Å². The molecule has 0 saturated carbocycles. The lowest BCUT2D eigenvalue weighted by Gasteiger charge is -2.10. The molecule has 21 heavy (non-hydrogen) atoms. The van der Waals surface area contributed by atoms with Crippen LogP contribution in [0.5, 0.6) is 0 Å². The van der Waals surface area contributed by atoms with Gasteiger partial charge in [-0.05, 0) is 0 Å². The molecule has 0 N–H and O–H groups in total. The molecule has 0 aliphatic rings. The van der Waals surface area contributed by atoms with Crippen LogP contribution in [0.1, 0.15) is 0 Å². The molecule has 0 aliphatic heterocycles. The highest BCUT2D eigenvalue weighted by Crippen LogP contribution is 1.98. The average Bonchev–Trinajstić information content (AvgIpc) is 2.57. The van der Waals surface area contributed by atoms with Crippen LogP contribution >= 0.6 is 0 Å². The maximum Gasteiger partial charge on any atom is 0.278 e. The third kappa shape index (κ3) is 4.28. The van der Waals surface area contributed by atoms with Gasteiger partial charge >= 0.3 is 0 Å². The number of rotatable bonds is 6. The molecule has 0 saturated heterocycles. The molecular weight excluding hydrogens is 259 g/mol. The lowest BCUT2D eigenvalue weighted by molar-refractivity contribution is 0.0956. The molecule has 0 spiro atoms. The number of allylic oxidation sites excluding steroid dienone is 2. The van der Waals surface area contributed by atoms with Crippen LogP contribution in [0.3, 0.4) is 0 Å². The normalized spacial score (nSPS) is 10.2. The molecular formula is C18H19BO2. The third-order valence-electron chi connectivity index (χ3n) is 3.26. The summed E-state index contributed by atoms with van der Waals surface area (Å²) < 4.78 is 10.2. The van der Waals surface area contributed by atoms with E-state index in [0.717, 1.165) is 0 Å². The fourth-order valence-electron chi connectivity index (χ4n) is 2.20. The van der Waals surface area contributed by atoms with E-state index in [2.05, 4.69) is 54.5 Å². The summed E-state index contributed by atoms with van der Waals surface area (Å²) in [5.74, 6) is 2.63. The molecule has 0 unspecified atom stereocenters. The fourth-order valence-corrected chi connectivity index (χ4v) is 2.20. The lowest BCUT2D eigenvalue weighted by Crippen LogP contribution is -2.40. The van der Waals surface area contributed by atoms with Gasteiger partial charge in [-0.15, -0.1) is 5.98 Å². The van der Waals surface area contributed by atoms with Crippen molar-refractivity contribution in [2.75, 3.05) is 14.2 Å². The fraction of sp³-hybridized carbons (Fsp3) is 0.111. The number of hydrogen-bond donors (Lipinski definition) is 0. The third-order valence-corrected chi connectivity index (χ3v) is 3.26. The number of ether oxygens (including phenoxy) is 2. The summed E-state index contributed by atoms with van der Waals surface area (Å²) >= 11 is 0. The van der Waals surface area contributed by atoms with Gasteiger partial charge in [0.25, 0.3) is 5.95 Å². The highest BCUT2D eigenvalue weighted by molar-refractivity contribution is 6.89. The summed E-state index contributed by atoms with van der Waals surface area (Å²) in [6.45, 7) is 0.207. The minimum Gasteiger partial charge on any atom is -0.469 e. The summed E-state index contributed by atoms with van der Waals surface area (Å²) in [5, 5.41) is 0. The van der Waals surface area contributed by atoms with Crippen molar-refractivity contribution in [1.29, 1.82) is 0 Å². The van der Waals surface area contributed by atoms with Crippen molar-refractivity contribution in [2.45, 2.75) is 0 Å². The van der Waals surface area contributed by atoms with Gasteiger partial charge in [-0.25, -0.2) is 0 Å². The van der Waals surface area contributed by atoms with Crippen LogP contribution in [-0.2, 0) is 9.47 Å². The first-order valence-electron chi connectivity index (χ1n) is 6.91. The second kappa shape index (κ2) is 8.00. The van der Waals surface area contributed by atoms with Crippen molar-refractivity contribution in [2.24, 2.45) is 0 Å². The lowest BCUT2D eigenvalue weighted by atomic mass is 9.40. The van der Waals surface area contributed by atoms with Crippen LogP contribution < -0.4 is 10.9 Å². The van der Waals surface area contributed by atoms with Crippen LogP contribution in [-0.4, -0.2) is 20.9 Å². The Kier molecular flexibility index (Phi) is 5.71. The molecule has 0 radical (unpaired) electrons. The van der Waals surface area contributed by atoms with E-state index in [1.54, 1.807) is 14.2 Å². The van der Waals surface area contributed by atoms with Gasteiger partial charge in [-0.3, -0.25) is 0 Å². The number of benzene rings is 2. The van der Waals surface area contributed by atoms with Crippen molar-refractivity contribution in [3.8, 4) is 0 Å². The Morgan fingerprint density at radius 2 is 1.29 bits per heavy atom. The molecule has 2 rings (SSSR count). The van der Waals surface area contributed by atoms with Gasteiger partial charge in [0.1, 0.15) is 0 Å². The molecule has 0 fully saturated rings. The number of methoxy groups -OCH3 is 2. The molecule has 2 nitrogen and oxygen atoms in total. The second-order valence-corrected chi connectivity index (χ2v) is 4.58. The summed E-state index contributed by atoms with van der Waals surface area (Å²) in [4.78, 5) is 0. The van der Waals surface area contributed by atoms with Crippen LogP contribution in [0.25, 0.3) is 0 Å². The van der Waals surface area contributed by atoms with Gasteiger partial charge in [-0.2, -0.15) is 0 Å². The van der Waals surface area contributed by atoms with Gasteiger partial charge in [0.2, 0.25) is 6.71 Å². The highest BCUT2D eigenvalue weighted by atomic mass is 16.7. The minimum absolute atomic E-state index is 0.207. The van der Waals surface area contributed by atoms with E-state index in [9.17, 15) is 0 Å². The molecule has 2 aromatic carbocycles. The van der Waals surface area contributed by atoms with Gasteiger partial charge in [0.15, 0.2) is 0 Å². The standard InChI is InChI=1S/C18H19BO2/c1-20-18(21-2)14-9-15-19(16-10-5-3-6-11-16)17-12-7-4-8-13-17/h3-15H,1-2H3/b15-9+. The van der Waals surface area contributed by atoms with Crippen molar-refractivity contribution < 1.29 is 9.47 Å². The van der Waals surface area contributed by atoms with E-state index in [-0.39, 0.29) is 6.71 Å². The van der Waals surface area contributed by atoms with Crippen molar-refractivity contribution >= 4 is 17.6 Å². The maximum atomic E-state index is 5.08. The van der Waals surface area contributed by atoms with Crippen LogP contribution in [0.2, 0.25) is 0 Å². The van der Waals surface area contributed by atoms with E-state index in [1.807, 2.05) is 24.3 Å². The Hall–Kier alpha value is -2.42. The zero-order chi connectivity index (χ0) is 14.9. The Labute approximate surface area is 126 Å². The summed E-state index contributed by atoms with van der Waals surface area (Å²) in [5.41, 5.74) is 2.51. The molecule has 0 bridgehead atoms. The van der Waals surface area contributed by atoms with E-state index >= 15 is 0 Å². The molecule has 0 atom stereocenters. The zero-order valence-electron chi connectivity index (χ0n) is 12.4. The summed E-state index contributed by atoms with van der Waals surface area (Å²) in [6, 6.07) is 20.9. The van der Waals surface area contributed by atoms with Crippen LogP contribution in [0.4, 0.5) is 0 Å². The molecule has 0 aliphatic carbocycles. The van der Waals surface area contributed by atoms with Crippen LogP contribution in [0.15, 0.2) is 84.7 Å². The first-order chi connectivity index (χ1) is 10.3. The van der Waals surface area contributed by atoms with Gasteiger partial charge in [0.05, 0.1) is 14.2 Å². The summed E-state index contributed by atoms with van der Waals surface area (Å²) in [7, 11) is 3.18. The molecule has 0 aromatic heterocycles. The first-order valence-corrected chi connectivity index (χ1v) is 6.91. The Bertz CT molecular complexity index is 546. The van der Waals surface area contributed by atoms with E-state index in [1.165, 1.54) is 10.9 Å². The molecule has 0 heterocycles. The van der Waals surface area contributed by atoms with E-state index in [4.69, 9.17) is 9.47 Å². The van der Waals surface area contributed by atoms with Gasteiger partial charge in [-0.1, -0.05) is 77.7 Å². The van der Waals surface area contributed by atoms with E-state index < -0.39 is 0 Å². The average molecular weight is 278 g/mol. The number of hydrogen-bond acceptors (Lipinski definition) is 2. The van der Waals surface area contributed by atoms with Crippen LogP contribution in [0, 0.1) is 0 Å². The van der Waals surface area contributed by atoms with Crippen molar-refractivity contribution in [3.63, 3.8) is 0 Å². The predicted octanol–water partition coefficient (Wildman–Crippen LogP) is 2.53. The molecule has 0 amide bonds. The Balaban J connectivity index is 2.30. The molecule has 2 aromatic rings. The monoisotopic (exact) mass is 278 g/mol. The Morgan fingerprint density at radius 1 is 0.810 bits per heavy atom.